The second kappa shape index (κ2) is 9.76. The van der Waals surface area contributed by atoms with Crippen LogP contribution in [0.2, 0.25) is 0 Å². The first kappa shape index (κ1) is 17.0. The van der Waals surface area contributed by atoms with E-state index < -0.39 is 0 Å². The topological polar surface area (TPSA) is 28.2 Å². The van der Waals surface area contributed by atoms with Crippen molar-refractivity contribution in [2.45, 2.75) is 66.0 Å². The first-order valence-electron chi connectivity index (χ1n) is 8.10. The molecular formula is C17H31N3. The van der Waals surface area contributed by atoms with Crippen LogP contribution in [0.3, 0.4) is 0 Å². The third kappa shape index (κ3) is 5.49. The highest BCUT2D eigenvalue weighted by Crippen LogP contribution is 2.22. The van der Waals surface area contributed by atoms with Crippen molar-refractivity contribution in [3.8, 4) is 0 Å². The number of hydrogen-bond donors (Lipinski definition) is 1. The Kier molecular flexibility index (Phi) is 8.28. The summed E-state index contributed by atoms with van der Waals surface area (Å²) in [5.41, 5.74) is 2.65. The maximum Gasteiger partial charge on any atom is 0.0445 e. The zero-order chi connectivity index (χ0) is 14.8. The van der Waals surface area contributed by atoms with E-state index in [4.69, 9.17) is 0 Å². The van der Waals surface area contributed by atoms with Crippen molar-refractivity contribution < 1.29 is 0 Å². The van der Waals surface area contributed by atoms with Crippen LogP contribution >= 0.6 is 0 Å². The van der Waals surface area contributed by atoms with Crippen molar-refractivity contribution in [2.75, 3.05) is 18.0 Å². The van der Waals surface area contributed by atoms with Crippen LogP contribution in [0, 0.1) is 0 Å². The van der Waals surface area contributed by atoms with Crippen molar-refractivity contribution in [3.05, 3.63) is 24.0 Å². The second-order valence-electron chi connectivity index (χ2n) is 5.68. The van der Waals surface area contributed by atoms with Gasteiger partial charge in [-0.05, 0) is 39.3 Å². The molecule has 1 aromatic heterocycles. The van der Waals surface area contributed by atoms with Gasteiger partial charge in [0.25, 0.3) is 0 Å². The van der Waals surface area contributed by atoms with E-state index in [-0.39, 0.29) is 0 Å². The smallest absolute Gasteiger partial charge is 0.0445 e. The first-order valence-corrected chi connectivity index (χ1v) is 8.10. The van der Waals surface area contributed by atoms with Gasteiger partial charge in [0.05, 0.1) is 0 Å². The average Bonchev–Trinajstić information content (AvgIpc) is 2.44. The van der Waals surface area contributed by atoms with Gasteiger partial charge in [-0.2, -0.15) is 0 Å². The van der Waals surface area contributed by atoms with Crippen molar-refractivity contribution in [2.24, 2.45) is 0 Å². The third-order valence-electron chi connectivity index (χ3n) is 3.56. The van der Waals surface area contributed by atoms with Crippen LogP contribution in [0.1, 0.15) is 58.9 Å². The van der Waals surface area contributed by atoms with Crippen molar-refractivity contribution in [1.29, 1.82) is 0 Å². The Labute approximate surface area is 124 Å². The molecule has 0 atom stereocenters. The van der Waals surface area contributed by atoms with Crippen LogP contribution < -0.4 is 10.2 Å². The summed E-state index contributed by atoms with van der Waals surface area (Å²) >= 11 is 0. The minimum Gasteiger partial charge on any atom is -0.369 e. The molecule has 0 aromatic carbocycles. The number of unbranched alkanes of at least 4 members (excludes halogenated alkanes) is 2. The summed E-state index contributed by atoms with van der Waals surface area (Å²) in [5.74, 6) is 0. The number of hydrogen-bond acceptors (Lipinski definition) is 3. The van der Waals surface area contributed by atoms with Gasteiger partial charge < -0.3 is 10.2 Å². The summed E-state index contributed by atoms with van der Waals surface area (Å²) in [6.07, 6.45) is 8.92. The fourth-order valence-corrected chi connectivity index (χ4v) is 2.43. The molecule has 1 rings (SSSR count). The number of nitrogens with zero attached hydrogens (tertiary/aromatic N) is 2. The summed E-state index contributed by atoms with van der Waals surface area (Å²) in [4.78, 5) is 6.81. The largest absolute Gasteiger partial charge is 0.369 e. The lowest BCUT2D eigenvalue weighted by molar-refractivity contribution is 0.617. The van der Waals surface area contributed by atoms with E-state index in [1.165, 1.54) is 36.9 Å². The quantitative estimate of drug-likeness (QED) is 0.656. The maximum atomic E-state index is 4.30. The average molecular weight is 277 g/mol. The summed E-state index contributed by atoms with van der Waals surface area (Å²) in [6, 6.07) is 2.69. The molecule has 0 aliphatic heterocycles. The predicted octanol–water partition coefficient (Wildman–Crippen LogP) is 3.99. The number of pyridine rings is 1. The Morgan fingerprint density at radius 1 is 1.20 bits per heavy atom. The molecule has 20 heavy (non-hydrogen) atoms. The highest BCUT2D eigenvalue weighted by Gasteiger charge is 2.13. The van der Waals surface area contributed by atoms with Gasteiger partial charge in [-0.15, -0.1) is 0 Å². The molecule has 0 aliphatic carbocycles. The van der Waals surface area contributed by atoms with Gasteiger partial charge in [0.15, 0.2) is 0 Å². The number of rotatable bonds is 10. The third-order valence-corrected chi connectivity index (χ3v) is 3.56. The van der Waals surface area contributed by atoms with E-state index in [2.05, 4.69) is 49.0 Å². The van der Waals surface area contributed by atoms with Crippen LogP contribution in [0.4, 0.5) is 5.69 Å². The lowest BCUT2D eigenvalue weighted by Crippen LogP contribution is -2.33. The van der Waals surface area contributed by atoms with E-state index in [1.54, 1.807) is 0 Å². The molecule has 0 fully saturated rings. The SMILES string of the molecule is CCCCCN(c1ccncc1CNCCC)C(C)C. The highest BCUT2D eigenvalue weighted by atomic mass is 15.2. The van der Waals surface area contributed by atoms with Crippen molar-refractivity contribution >= 4 is 5.69 Å². The molecule has 0 saturated heterocycles. The van der Waals surface area contributed by atoms with Gasteiger partial charge in [0.1, 0.15) is 0 Å². The summed E-state index contributed by atoms with van der Waals surface area (Å²) in [7, 11) is 0. The Balaban J connectivity index is 2.77. The van der Waals surface area contributed by atoms with Gasteiger partial charge in [0, 0.05) is 42.8 Å². The van der Waals surface area contributed by atoms with E-state index >= 15 is 0 Å². The van der Waals surface area contributed by atoms with Crippen LogP contribution in [-0.2, 0) is 6.54 Å². The standard InChI is InChI=1S/C17H31N3/c1-5-7-8-12-20(15(3)4)17-9-11-19-14-16(17)13-18-10-6-2/h9,11,14-15,18H,5-8,10,12-13H2,1-4H3. The Hall–Kier alpha value is -1.09. The van der Waals surface area contributed by atoms with Gasteiger partial charge in [-0.1, -0.05) is 26.7 Å². The minimum atomic E-state index is 0.527. The van der Waals surface area contributed by atoms with E-state index in [0.29, 0.717) is 6.04 Å². The Morgan fingerprint density at radius 2 is 2.00 bits per heavy atom. The summed E-state index contributed by atoms with van der Waals surface area (Å²) < 4.78 is 0. The van der Waals surface area contributed by atoms with Crippen LogP contribution in [0.5, 0.6) is 0 Å². The summed E-state index contributed by atoms with van der Waals surface area (Å²) in [5, 5.41) is 3.49. The van der Waals surface area contributed by atoms with E-state index in [1.807, 2.05) is 12.4 Å². The molecule has 0 radical (unpaired) electrons. The lowest BCUT2D eigenvalue weighted by Gasteiger charge is -2.31. The van der Waals surface area contributed by atoms with Crippen LogP contribution in [-0.4, -0.2) is 24.1 Å². The Bertz CT molecular complexity index is 363. The van der Waals surface area contributed by atoms with Crippen LogP contribution in [0.25, 0.3) is 0 Å². The zero-order valence-corrected chi connectivity index (χ0v) is 13.7. The zero-order valence-electron chi connectivity index (χ0n) is 13.7. The van der Waals surface area contributed by atoms with Gasteiger partial charge in [-0.3, -0.25) is 4.98 Å². The minimum absolute atomic E-state index is 0.527. The van der Waals surface area contributed by atoms with E-state index in [0.717, 1.165) is 19.6 Å². The van der Waals surface area contributed by atoms with Crippen molar-refractivity contribution in [1.82, 2.24) is 10.3 Å². The molecule has 0 bridgehead atoms. The second-order valence-corrected chi connectivity index (χ2v) is 5.68. The lowest BCUT2D eigenvalue weighted by atomic mass is 10.1. The number of anilines is 1. The number of nitrogens with one attached hydrogen (secondary N) is 1. The molecule has 0 unspecified atom stereocenters. The molecule has 1 aromatic rings. The maximum absolute atomic E-state index is 4.30. The first-order chi connectivity index (χ1) is 9.70. The molecule has 3 heteroatoms. The van der Waals surface area contributed by atoms with Gasteiger partial charge >= 0.3 is 0 Å². The fraction of sp³-hybridized carbons (Fsp3) is 0.706. The molecule has 1 heterocycles. The molecule has 0 aliphatic rings. The molecular weight excluding hydrogens is 246 g/mol. The normalized spacial score (nSPS) is 11.1. The predicted molar refractivity (Wildman–Crippen MR) is 88.2 cm³/mol. The fourth-order valence-electron chi connectivity index (χ4n) is 2.43. The Morgan fingerprint density at radius 3 is 2.65 bits per heavy atom. The van der Waals surface area contributed by atoms with E-state index in [9.17, 15) is 0 Å². The molecule has 1 N–H and O–H groups in total. The molecule has 0 saturated carbocycles. The van der Waals surface area contributed by atoms with Crippen LogP contribution in [0.15, 0.2) is 18.5 Å². The monoisotopic (exact) mass is 277 g/mol. The number of aromatic nitrogens is 1. The van der Waals surface area contributed by atoms with Crippen molar-refractivity contribution in [3.63, 3.8) is 0 Å². The highest BCUT2D eigenvalue weighted by molar-refractivity contribution is 5.52. The summed E-state index contributed by atoms with van der Waals surface area (Å²) in [6.45, 7) is 12.1. The molecule has 0 amide bonds. The molecule has 0 spiro atoms. The van der Waals surface area contributed by atoms with Gasteiger partial charge in [0.2, 0.25) is 0 Å². The molecule has 114 valence electrons. The molecule has 3 nitrogen and oxygen atoms in total. The van der Waals surface area contributed by atoms with Gasteiger partial charge in [-0.25, -0.2) is 0 Å².